The number of allylic oxidation sites excluding steroid dienone is 1. The van der Waals surface area contributed by atoms with Crippen molar-refractivity contribution in [3.8, 4) is 5.75 Å². The highest BCUT2D eigenvalue weighted by Crippen LogP contribution is 2.20. The minimum atomic E-state index is -0.703. The fourth-order valence-corrected chi connectivity index (χ4v) is 3.16. The topological polar surface area (TPSA) is 86.0 Å². The quantitative estimate of drug-likeness (QED) is 0.314. The van der Waals surface area contributed by atoms with Crippen LogP contribution < -0.4 is 10.4 Å². The molecule has 0 aliphatic heterocycles. The van der Waals surface area contributed by atoms with E-state index in [1.54, 1.807) is 18.2 Å². The van der Waals surface area contributed by atoms with Gasteiger partial charge in [-0.05, 0) is 64.0 Å². The summed E-state index contributed by atoms with van der Waals surface area (Å²) in [7, 11) is 0. The van der Waals surface area contributed by atoms with Gasteiger partial charge in [-0.25, -0.2) is 4.79 Å². The van der Waals surface area contributed by atoms with Crippen molar-refractivity contribution >= 4 is 16.9 Å². The Morgan fingerprint density at radius 1 is 1.09 bits per heavy atom. The number of ether oxygens (including phenoxy) is 2. The molecule has 0 unspecified atom stereocenters. The molecular formula is C26H32O6. The highest BCUT2D eigenvalue weighted by molar-refractivity contribution is 5.77. The summed E-state index contributed by atoms with van der Waals surface area (Å²) >= 11 is 0. The SMILES string of the molecule is CC(=O)O[C@H](CC=C(C)C)/C(C)=C/[C@H](O)C/C(C)=C/COc1ccc2ccc(=O)oc2c1. The maximum atomic E-state index is 11.4. The van der Waals surface area contributed by atoms with Gasteiger partial charge in [-0.1, -0.05) is 23.3 Å². The molecule has 0 amide bonds. The molecule has 6 nitrogen and oxygen atoms in total. The first-order chi connectivity index (χ1) is 15.1. The van der Waals surface area contributed by atoms with E-state index in [0.717, 1.165) is 22.1 Å². The minimum Gasteiger partial charge on any atom is -0.489 e. The second-order valence-electron chi connectivity index (χ2n) is 8.11. The average Bonchev–Trinajstić information content (AvgIpc) is 2.70. The Kier molecular flexibility index (Phi) is 9.47. The number of rotatable bonds is 10. The maximum absolute atomic E-state index is 11.4. The number of benzene rings is 1. The van der Waals surface area contributed by atoms with Crippen LogP contribution in [0, 0.1) is 0 Å². The number of fused-ring (bicyclic) bond motifs is 1. The Hall–Kier alpha value is -3.12. The fourth-order valence-electron chi connectivity index (χ4n) is 3.16. The summed E-state index contributed by atoms with van der Waals surface area (Å²) in [6, 6.07) is 8.41. The van der Waals surface area contributed by atoms with E-state index in [2.05, 4.69) is 0 Å². The minimum absolute atomic E-state index is 0.320. The molecule has 0 bridgehead atoms. The van der Waals surface area contributed by atoms with Gasteiger partial charge in [-0.15, -0.1) is 0 Å². The first-order valence-corrected chi connectivity index (χ1v) is 10.6. The smallest absolute Gasteiger partial charge is 0.336 e. The van der Waals surface area contributed by atoms with Gasteiger partial charge in [0.1, 0.15) is 24.0 Å². The summed E-state index contributed by atoms with van der Waals surface area (Å²) in [6.07, 6.45) is 5.55. The first-order valence-electron chi connectivity index (χ1n) is 10.6. The van der Waals surface area contributed by atoms with E-state index in [4.69, 9.17) is 13.9 Å². The van der Waals surface area contributed by atoms with Crippen molar-refractivity contribution in [2.45, 2.75) is 59.7 Å². The third kappa shape index (κ3) is 8.55. The molecule has 2 atom stereocenters. The molecule has 1 aromatic heterocycles. The van der Waals surface area contributed by atoms with Crippen molar-refractivity contribution in [1.29, 1.82) is 0 Å². The molecule has 0 spiro atoms. The van der Waals surface area contributed by atoms with Crippen molar-refractivity contribution in [1.82, 2.24) is 0 Å². The van der Waals surface area contributed by atoms with Crippen LogP contribution in [0.15, 0.2) is 74.5 Å². The van der Waals surface area contributed by atoms with Crippen LogP contribution in [-0.2, 0) is 9.53 Å². The van der Waals surface area contributed by atoms with Crippen molar-refractivity contribution in [3.05, 3.63) is 75.7 Å². The van der Waals surface area contributed by atoms with Crippen molar-refractivity contribution in [2.75, 3.05) is 6.61 Å². The number of esters is 1. The third-order valence-electron chi connectivity index (χ3n) is 4.82. The lowest BCUT2D eigenvalue weighted by molar-refractivity contribution is -0.144. The Balaban J connectivity index is 1.95. The summed E-state index contributed by atoms with van der Waals surface area (Å²) in [6.45, 7) is 9.46. The van der Waals surface area contributed by atoms with E-state index < -0.39 is 17.8 Å². The van der Waals surface area contributed by atoms with Crippen LogP contribution in [-0.4, -0.2) is 29.9 Å². The Morgan fingerprint density at radius 2 is 1.81 bits per heavy atom. The zero-order valence-corrected chi connectivity index (χ0v) is 19.4. The van der Waals surface area contributed by atoms with E-state index >= 15 is 0 Å². The molecule has 6 heteroatoms. The summed E-state index contributed by atoms with van der Waals surface area (Å²) in [5, 5.41) is 11.3. The lowest BCUT2D eigenvalue weighted by Crippen LogP contribution is -2.19. The lowest BCUT2D eigenvalue weighted by atomic mass is 10.0. The number of hydrogen-bond acceptors (Lipinski definition) is 6. The van der Waals surface area contributed by atoms with Gasteiger partial charge >= 0.3 is 11.6 Å². The summed E-state index contributed by atoms with van der Waals surface area (Å²) < 4.78 is 16.3. The molecule has 1 aromatic carbocycles. The predicted molar refractivity (Wildman–Crippen MR) is 126 cm³/mol. The fraction of sp³-hybridized carbons (Fsp3) is 0.385. The zero-order valence-electron chi connectivity index (χ0n) is 19.4. The summed E-state index contributed by atoms with van der Waals surface area (Å²) in [5.74, 6) is 0.247. The van der Waals surface area contributed by atoms with E-state index in [-0.39, 0.29) is 5.97 Å². The van der Waals surface area contributed by atoms with E-state index in [9.17, 15) is 14.7 Å². The zero-order chi connectivity index (χ0) is 23.7. The normalized spacial score (nSPS) is 14.1. The highest BCUT2D eigenvalue weighted by Gasteiger charge is 2.14. The van der Waals surface area contributed by atoms with Crippen LogP contribution in [0.4, 0.5) is 0 Å². The molecular weight excluding hydrogens is 408 g/mol. The monoisotopic (exact) mass is 440 g/mol. The molecule has 172 valence electrons. The van der Waals surface area contributed by atoms with Gasteiger partial charge in [0.05, 0.1) is 6.10 Å². The standard InChI is InChI=1S/C26H32O6/c1-17(2)6-10-24(31-20(5)27)19(4)15-22(28)14-18(3)12-13-30-23-9-7-21-8-11-26(29)32-25(21)16-23/h6-9,11-12,15-16,22,24,28H,10,13-14H2,1-5H3/b18-12+,19-15+/t22-,24-/m1/s1. The van der Waals surface area contributed by atoms with Gasteiger partial charge in [0.2, 0.25) is 0 Å². The Labute approximate surface area is 188 Å². The number of hydrogen-bond donors (Lipinski definition) is 1. The maximum Gasteiger partial charge on any atom is 0.336 e. The van der Waals surface area contributed by atoms with Crippen LogP contribution in [0.25, 0.3) is 11.0 Å². The number of carbonyl (C=O) groups excluding carboxylic acids is 1. The van der Waals surface area contributed by atoms with Crippen molar-refractivity contribution in [2.24, 2.45) is 0 Å². The third-order valence-corrected chi connectivity index (χ3v) is 4.82. The second kappa shape index (κ2) is 12.1. The van der Waals surface area contributed by atoms with Gasteiger partial charge in [0.15, 0.2) is 0 Å². The lowest BCUT2D eigenvalue weighted by Gasteiger charge is -2.18. The van der Waals surface area contributed by atoms with Crippen molar-refractivity contribution < 1.29 is 23.8 Å². The van der Waals surface area contributed by atoms with Crippen LogP contribution in [0.1, 0.15) is 47.5 Å². The molecule has 0 radical (unpaired) electrons. The Morgan fingerprint density at radius 3 is 2.50 bits per heavy atom. The molecule has 0 aliphatic rings. The molecule has 32 heavy (non-hydrogen) atoms. The highest BCUT2D eigenvalue weighted by atomic mass is 16.5. The molecule has 2 aromatic rings. The molecule has 2 rings (SSSR count). The first kappa shape index (κ1) is 25.1. The summed E-state index contributed by atoms with van der Waals surface area (Å²) in [5.41, 5.74) is 2.98. The molecule has 0 saturated carbocycles. The number of aliphatic hydroxyl groups is 1. The van der Waals surface area contributed by atoms with Crippen LogP contribution in [0.2, 0.25) is 0 Å². The van der Waals surface area contributed by atoms with Gasteiger partial charge < -0.3 is 19.0 Å². The Bertz CT molecular complexity index is 1070. The molecule has 1 heterocycles. The van der Waals surface area contributed by atoms with Crippen LogP contribution in [0.3, 0.4) is 0 Å². The number of aliphatic hydroxyl groups excluding tert-OH is 1. The largest absolute Gasteiger partial charge is 0.489 e. The predicted octanol–water partition coefficient (Wildman–Crippen LogP) is 5.10. The van der Waals surface area contributed by atoms with Gasteiger partial charge in [0.25, 0.3) is 0 Å². The molecule has 1 N–H and O–H groups in total. The molecule has 0 fully saturated rings. The average molecular weight is 441 g/mol. The van der Waals surface area contributed by atoms with E-state index in [1.165, 1.54) is 13.0 Å². The van der Waals surface area contributed by atoms with Gasteiger partial charge in [-0.2, -0.15) is 0 Å². The molecule has 0 aliphatic carbocycles. The second-order valence-corrected chi connectivity index (χ2v) is 8.11. The van der Waals surface area contributed by atoms with Crippen LogP contribution in [0.5, 0.6) is 5.75 Å². The van der Waals surface area contributed by atoms with E-state index in [0.29, 0.717) is 30.8 Å². The molecule has 0 saturated heterocycles. The van der Waals surface area contributed by atoms with Gasteiger partial charge in [-0.3, -0.25) is 4.79 Å². The van der Waals surface area contributed by atoms with Gasteiger partial charge in [0, 0.05) is 30.9 Å². The van der Waals surface area contributed by atoms with Crippen LogP contribution >= 0.6 is 0 Å². The number of carbonyl (C=O) groups is 1. The van der Waals surface area contributed by atoms with Crippen molar-refractivity contribution in [3.63, 3.8) is 0 Å². The van der Waals surface area contributed by atoms with E-state index in [1.807, 2.05) is 52.0 Å². The summed E-state index contributed by atoms with van der Waals surface area (Å²) in [4.78, 5) is 22.8.